The molecular weight excluding hydrogens is 380 g/mol. The maximum absolute atomic E-state index is 13.3. The maximum Gasteiger partial charge on any atom is 0.254 e. The van der Waals surface area contributed by atoms with Crippen LogP contribution in [0.15, 0.2) is 53.2 Å². The molecular formula is C23H24N4O3. The van der Waals surface area contributed by atoms with E-state index in [1.807, 2.05) is 48.2 Å². The van der Waals surface area contributed by atoms with Crippen molar-refractivity contribution in [2.24, 2.45) is 5.41 Å². The van der Waals surface area contributed by atoms with E-state index >= 15 is 0 Å². The summed E-state index contributed by atoms with van der Waals surface area (Å²) < 4.78 is 11.7. The lowest BCUT2D eigenvalue weighted by atomic mass is 9.72. The monoisotopic (exact) mass is 404 g/mol. The third-order valence-electron chi connectivity index (χ3n) is 6.47. The van der Waals surface area contributed by atoms with E-state index in [0.29, 0.717) is 38.1 Å². The van der Waals surface area contributed by atoms with Gasteiger partial charge < -0.3 is 14.1 Å². The number of aryl methyl sites for hydroxylation is 1. The first-order chi connectivity index (χ1) is 14.7. The molecule has 1 aromatic carbocycles. The largest absolute Gasteiger partial charge is 0.420 e. The van der Waals surface area contributed by atoms with Gasteiger partial charge in [-0.15, -0.1) is 10.2 Å². The van der Waals surface area contributed by atoms with Crippen LogP contribution >= 0.6 is 0 Å². The minimum Gasteiger partial charge on any atom is -0.420 e. The molecule has 3 aromatic rings. The molecule has 0 saturated carbocycles. The van der Waals surface area contributed by atoms with Gasteiger partial charge in [0.25, 0.3) is 5.91 Å². The Kier molecular flexibility index (Phi) is 4.83. The zero-order valence-corrected chi connectivity index (χ0v) is 17.0. The molecule has 1 unspecified atom stereocenters. The van der Waals surface area contributed by atoms with E-state index in [1.165, 1.54) is 0 Å². The third kappa shape index (κ3) is 3.29. The van der Waals surface area contributed by atoms with Gasteiger partial charge in [-0.1, -0.05) is 18.2 Å². The van der Waals surface area contributed by atoms with Crippen molar-refractivity contribution in [3.63, 3.8) is 0 Å². The van der Waals surface area contributed by atoms with Crippen LogP contribution in [0.25, 0.3) is 11.5 Å². The van der Waals surface area contributed by atoms with Crippen molar-refractivity contribution in [3.05, 3.63) is 65.8 Å². The minimum atomic E-state index is -0.0986. The van der Waals surface area contributed by atoms with Crippen LogP contribution in [0.3, 0.4) is 0 Å². The standard InChI is InChI=1S/C23H24N4O3/c1-16-4-2-3-5-18(16)22(28)27-14-19(23(15-27)8-12-29-13-9-23)21-26-25-20(30-21)17-6-10-24-11-7-17/h2-7,10-11,19H,8-9,12-15H2,1H3. The van der Waals surface area contributed by atoms with Crippen molar-refractivity contribution in [2.45, 2.75) is 25.7 Å². The zero-order valence-electron chi connectivity index (χ0n) is 17.0. The van der Waals surface area contributed by atoms with Crippen molar-refractivity contribution in [3.8, 4) is 11.5 Å². The second-order valence-corrected chi connectivity index (χ2v) is 8.21. The number of ether oxygens (including phenoxy) is 1. The molecule has 2 aromatic heterocycles. The Hall–Kier alpha value is -3.06. The number of aromatic nitrogens is 3. The van der Waals surface area contributed by atoms with E-state index in [2.05, 4.69) is 15.2 Å². The topological polar surface area (TPSA) is 81.4 Å². The van der Waals surface area contributed by atoms with E-state index < -0.39 is 0 Å². The molecule has 7 heteroatoms. The van der Waals surface area contributed by atoms with E-state index in [9.17, 15) is 4.79 Å². The van der Waals surface area contributed by atoms with Crippen molar-refractivity contribution in [1.29, 1.82) is 0 Å². The molecule has 2 aliphatic rings. The van der Waals surface area contributed by atoms with Gasteiger partial charge in [-0.3, -0.25) is 9.78 Å². The van der Waals surface area contributed by atoms with Crippen molar-refractivity contribution >= 4 is 5.91 Å². The molecule has 30 heavy (non-hydrogen) atoms. The summed E-state index contributed by atoms with van der Waals surface area (Å²) in [6, 6.07) is 11.4. The van der Waals surface area contributed by atoms with Gasteiger partial charge in [0.15, 0.2) is 0 Å². The Morgan fingerprint density at radius 3 is 2.63 bits per heavy atom. The number of hydrogen-bond donors (Lipinski definition) is 0. The number of hydrogen-bond acceptors (Lipinski definition) is 6. The maximum atomic E-state index is 13.3. The molecule has 1 amide bonds. The third-order valence-corrected chi connectivity index (χ3v) is 6.47. The summed E-state index contributed by atoms with van der Waals surface area (Å²) in [6.45, 7) is 4.61. The summed E-state index contributed by atoms with van der Waals surface area (Å²) in [6.07, 6.45) is 5.17. The average molecular weight is 404 g/mol. The van der Waals surface area contributed by atoms with Crippen LogP contribution in [0.1, 0.15) is 40.6 Å². The zero-order chi connectivity index (χ0) is 20.6. The quantitative estimate of drug-likeness (QED) is 0.665. The number of carbonyl (C=O) groups excluding carboxylic acids is 1. The first kappa shape index (κ1) is 18.9. The number of benzene rings is 1. The molecule has 154 valence electrons. The number of likely N-dealkylation sites (tertiary alicyclic amines) is 1. The van der Waals surface area contributed by atoms with Crippen LogP contribution in [0.2, 0.25) is 0 Å². The number of pyridine rings is 1. The van der Waals surface area contributed by atoms with E-state index in [4.69, 9.17) is 9.15 Å². The summed E-state index contributed by atoms with van der Waals surface area (Å²) >= 11 is 0. The van der Waals surface area contributed by atoms with Gasteiger partial charge in [-0.05, 0) is 43.5 Å². The predicted molar refractivity (Wildman–Crippen MR) is 110 cm³/mol. The average Bonchev–Trinajstić information content (AvgIpc) is 3.40. The second-order valence-electron chi connectivity index (χ2n) is 8.21. The van der Waals surface area contributed by atoms with E-state index in [0.717, 1.165) is 29.5 Å². The molecule has 1 spiro atoms. The number of carbonyl (C=O) groups is 1. The molecule has 0 bridgehead atoms. The number of rotatable bonds is 3. The summed E-state index contributed by atoms with van der Waals surface area (Å²) in [5.41, 5.74) is 2.49. The first-order valence-corrected chi connectivity index (χ1v) is 10.3. The van der Waals surface area contributed by atoms with Crippen molar-refractivity contribution in [2.75, 3.05) is 26.3 Å². The van der Waals surface area contributed by atoms with Crippen LogP contribution in [-0.4, -0.2) is 52.3 Å². The lowest BCUT2D eigenvalue weighted by Gasteiger charge is -2.36. The fourth-order valence-electron chi connectivity index (χ4n) is 4.72. The first-order valence-electron chi connectivity index (χ1n) is 10.3. The van der Waals surface area contributed by atoms with Crippen LogP contribution in [0, 0.1) is 12.3 Å². The molecule has 0 radical (unpaired) electrons. The van der Waals surface area contributed by atoms with Gasteiger partial charge in [0, 0.05) is 55.2 Å². The van der Waals surface area contributed by atoms with Gasteiger partial charge in [0.05, 0.1) is 5.92 Å². The fraction of sp³-hybridized carbons (Fsp3) is 0.391. The Morgan fingerprint density at radius 1 is 1.10 bits per heavy atom. The summed E-state index contributed by atoms with van der Waals surface area (Å²) in [5.74, 6) is 1.15. The van der Waals surface area contributed by atoms with Crippen LogP contribution in [0.4, 0.5) is 0 Å². The SMILES string of the molecule is Cc1ccccc1C(=O)N1CC(c2nnc(-c3ccncc3)o2)C2(CCOCC2)C1. The lowest BCUT2D eigenvalue weighted by Crippen LogP contribution is -2.37. The van der Waals surface area contributed by atoms with Gasteiger partial charge in [0.1, 0.15) is 0 Å². The molecule has 2 aliphatic heterocycles. The van der Waals surface area contributed by atoms with Gasteiger partial charge in [-0.25, -0.2) is 0 Å². The molecule has 2 fully saturated rings. The predicted octanol–water partition coefficient (Wildman–Crippen LogP) is 3.48. The molecule has 5 rings (SSSR count). The Bertz CT molecular complexity index is 1040. The van der Waals surface area contributed by atoms with Gasteiger partial charge in [-0.2, -0.15) is 0 Å². The molecule has 4 heterocycles. The smallest absolute Gasteiger partial charge is 0.254 e. The Labute approximate surface area is 175 Å². The van der Waals surface area contributed by atoms with E-state index in [-0.39, 0.29) is 17.2 Å². The van der Waals surface area contributed by atoms with Gasteiger partial charge >= 0.3 is 0 Å². The molecule has 1 atom stereocenters. The lowest BCUT2D eigenvalue weighted by molar-refractivity contribution is 0.00908. The highest BCUT2D eigenvalue weighted by atomic mass is 16.5. The molecule has 7 nitrogen and oxygen atoms in total. The van der Waals surface area contributed by atoms with Crippen LogP contribution in [-0.2, 0) is 4.74 Å². The number of nitrogens with zero attached hydrogens (tertiary/aromatic N) is 4. The normalized spacial score (nSPS) is 20.6. The summed E-state index contributed by atoms with van der Waals surface area (Å²) in [5, 5.41) is 8.66. The van der Waals surface area contributed by atoms with Crippen molar-refractivity contribution < 1.29 is 13.9 Å². The Morgan fingerprint density at radius 2 is 1.87 bits per heavy atom. The highest BCUT2D eigenvalue weighted by Gasteiger charge is 2.51. The highest BCUT2D eigenvalue weighted by molar-refractivity contribution is 5.96. The minimum absolute atomic E-state index is 0.00236. The molecule has 0 aliphatic carbocycles. The fourth-order valence-corrected chi connectivity index (χ4v) is 4.72. The van der Waals surface area contributed by atoms with E-state index in [1.54, 1.807) is 12.4 Å². The van der Waals surface area contributed by atoms with Crippen LogP contribution < -0.4 is 0 Å². The highest BCUT2D eigenvalue weighted by Crippen LogP contribution is 2.49. The summed E-state index contributed by atoms with van der Waals surface area (Å²) in [4.78, 5) is 19.3. The Balaban J connectivity index is 1.47. The summed E-state index contributed by atoms with van der Waals surface area (Å²) in [7, 11) is 0. The van der Waals surface area contributed by atoms with Gasteiger partial charge in [0.2, 0.25) is 11.8 Å². The van der Waals surface area contributed by atoms with Crippen molar-refractivity contribution in [1.82, 2.24) is 20.1 Å². The molecule has 0 N–H and O–H groups in total. The second kappa shape index (κ2) is 7.65. The number of amides is 1. The molecule has 2 saturated heterocycles. The van der Waals surface area contributed by atoms with Crippen LogP contribution in [0.5, 0.6) is 0 Å².